The molecule has 0 unspecified atom stereocenters. The Balaban J connectivity index is 1.88. The van der Waals surface area contributed by atoms with Crippen LogP contribution in [0.4, 0.5) is 5.69 Å². The average molecular weight is 385 g/mol. The van der Waals surface area contributed by atoms with Crippen molar-refractivity contribution >= 4 is 34.9 Å². The van der Waals surface area contributed by atoms with Crippen molar-refractivity contribution in [2.24, 2.45) is 5.16 Å². The number of anilines is 1. The van der Waals surface area contributed by atoms with Crippen LogP contribution in [0.1, 0.15) is 42.9 Å². The third-order valence-electron chi connectivity index (χ3n) is 4.37. The van der Waals surface area contributed by atoms with Crippen LogP contribution in [-0.4, -0.2) is 17.6 Å². The molecular formula is C21H21ClN2O3. The Bertz CT molecular complexity index is 891. The van der Waals surface area contributed by atoms with Crippen molar-refractivity contribution in [1.29, 1.82) is 0 Å². The molecule has 3 rings (SSSR count). The molecule has 27 heavy (non-hydrogen) atoms. The molecule has 140 valence electrons. The summed E-state index contributed by atoms with van der Waals surface area (Å²) in [6.07, 6.45) is 1.91. The molecule has 0 saturated heterocycles. The molecule has 5 nitrogen and oxygen atoms in total. The fraction of sp³-hybridized carbons (Fsp3) is 0.286. The molecular weight excluding hydrogens is 364 g/mol. The first-order valence-electron chi connectivity index (χ1n) is 8.94. The quantitative estimate of drug-likeness (QED) is 0.538. The molecule has 0 saturated carbocycles. The molecule has 0 radical (unpaired) electrons. The van der Waals surface area contributed by atoms with Crippen LogP contribution in [0.25, 0.3) is 0 Å². The van der Waals surface area contributed by atoms with Crippen LogP contribution in [0.3, 0.4) is 0 Å². The van der Waals surface area contributed by atoms with Gasteiger partial charge in [-0.25, -0.2) is 4.79 Å². The molecule has 1 aliphatic rings. The molecule has 0 aliphatic carbocycles. The van der Waals surface area contributed by atoms with Crippen LogP contribution in [0.5, 0.6) is 0 Å². The van der Waals surface area contributed by atoms with Crippen molar-refractivity contribution in [2.75, 3.05) is 4.90 Å². The van der Waals surface area contributed by atoms with Crippen LogP contribution in [0.15, 0.2) is 47.6 Å². The number of hydrogen-bond acceptors (Lipinski definition) is 4. The largest absolute Gasteiger partial charge is 0.335 e. The topological polar surface area (TPSA) is 59.0 Å². The molecule has 0 N–H and O–H groups in total. The van der Waals surface area contributed by atoms with Gasteiger partial charge >= 0.3 is 5.97 Å². The van der Waals surface area contributed by atoms with E-state index in [0.717, 1.165) is 29.7 Å². The lowest BCUT2D eigenvalue weighted by Crippen LogP contribution is -2.29. The number of hydrogen-bond donors (Lipinski definition) is 0. The molecule has 0 spiro atoms. The normalized spacial score (nSPS) is 14.6. The minimum absolute atomic E-state index is 0.160. The highest BCUT2D eigenvalue weighted by Gasteiger charge is 2.35. The van der Waals surface area contributed by atoms with Crippen LogP contribution >= 0.6 is 11.6 Å². The predicted molar refractivity (Wildman–Crippen MR) is 106 cm³/mol. The van der Waals surface area contributed by atoms with E-state index in [0.29, 0.717) is 17.1 Å². The van der Waals surface area contributed by atoms with Crippen LogP contribution in [-0.2, 0) is 21.0 Å². The van der Waals surface area contributed by atoms with Crippen molar-refractivity contribution in [3.8, 4) is 0 Å². The van der Waals surface area contributed by atoms with E-state index in [9.17, 15) is 9.59 Å². The van der Waals surface area contributed by atoms with E-state index in [1.54, 1.807) is 17.0 Å². The van der Waals surface area contributed by atoms with Crippen molar-refractivity contribution in [3.05, 3.63) is 64.2 Å². The Labute approximate surface area is 163 Å². The van der Waals surface area contributed by atoms with Crippen molar-refractivity contribution in [3.63, 3.8) is 0 Å². The number of aryl methyl sites for hydroxylation is 1. The zero-order valence-electron chi connectivity index (χ0n) is 15.4. The first-order chi connectivity index (χ1) is 13.0. The van der Waals surface area contributed by atoms with Crippen molar-refractivity contribution in [2.45, 2.75) is 39.7 Å². The summed E-state index contributed by atoms with van der Waals surface area (Å²) < 4.78 is 0. The van der Waals surface area contributed by atoms with Crippen LogP contribution < -0.4 is 4.90 Å². The number of benzene rings is 2. The van der Waals surface area contributed by atoms with Gasteiger partial charge in [-0.3, -0.25) is 4.79 Å². The Hall–Kier alpha value is -2.66. The van der Waals surface area contributed by atoms with Crippen molar-refractivity contribution < 1.29 is 14.4 Å². The summed E-state index contributed by atoms with van der Waals surface area (Å²) in [5, 5.41) is 4.54. The fourth-order valence-electron chi connectivity index (χ4n) is 2.91. The lowest BCUT2D eigenvalue weighted by Gasteiger charge is -2.17. The molecule has 2 aromatic carbocycles. The Kier molecular flexibility index (Phi) is 5.91. The number of amides is 1. The summed E-state index contributed by atoms with van der Waals surface area (Å²) in [6, 6.07) is 13.0. The first kappa shape index (κ1) is 19.1. The molecule has 0 aromatic heterocycles. The monoisotopic (exact) mass is 384 g/mol. The number of fused-ring (bicyclic) bond motifs is 1. The zero-order valence-corrected chi connectivity index (χ0v) is 16.1. The highest BCUT2D eigenvalue weighted by Crippen LogP contribution is 2.32. The van der Waals surface area contributed by atoms with E-state index < -0.39 is 5.97 Å². The van der Waals surface area contributed by atoms with E-state index in [4.69, 9.17) is 16.4 Å². The number of unbranched alkanes of at least 4 members (excludes halogenated alkanes) is 1. The number of carbonyl (C=O) groups is 2. The summed E-state index contributed by atoms with van der Waals surface area (Å²) >= 11 is 5.94. The molecule has 0 fully saturated rings. The smallest absolute Gasteiger partial charge is 0.317 e. The predicted octanol–water partition coefficient (Wildman–Crippen LogP) is 4.63. The fourth-order valence-corrected chi connectivity index (χ4v) is 3.03. The third kappa shape index (κ3) is 4.37. The van der Waals surface area contributed by atoms with Gasteiger partial charge in [0.05, 0.1) is 12.2 Å². The first-order valence-corrected chi connectivity index (χ1v) is 9.32. The minimum Gasteiger partial charge on any atom is -0.317 e. The van der Waals surface area contributed by atoms with Gasteiger partial charge in [0, 0.05) is 17.0 Å². The van der Waals surface area contributed by atoms with Crippen molar-refractivity contribution in [1.82, 2.24) is 0 Å². The second-order valence-corrected chi connectivity index (χ2v) is 6.98. The molecule has 0 atom stereocenters. The van der Waals surface area contributed by atoms with E-state index in [2.05, 4.69) is 5.16 Å². The van der Waals surface area contributed by atoms with E-state index >= 15 is 0 Å². The van der Waals surface area contributed by atoms with E-state index in [1.165, 1.54) is 0 Å². The lowest BCUT2D eigenvalue weighted by molar-refractivity contribution is -0.143. The summed E-state index contributed by atoms with van der Waals surface area (Å²) in [6.45, 7) is 4.32. The standard InChI is InChI=1S/C21H21ClN2O3/c1-3-4-5-19(25)27-23-20-17-12-14(2)6-11-18(17)24(21(20)26)13-15-7-9-16(22)10-8-15/h6-12H,3-5,13H2,1-2H3/b23-20-. The van der Waals surface area contributed by atoms with E-state index in [1.807, 2.05) is 44.2 Å². The van der Waals surface area contributed by atoms with E-state index in [-0.39, 0.29) is 18.0 Å². The van der Waals surface area contributed by atoms with Gasteiger partial charge in [0.1, 0.15) is 0 Å². The molecule has 1 aliphatic heterocycles. The molecule has 6 heteroatoms. The van der Waals surface area contributed by atoms with Gasteiger partial charge in [-0.2, -0.15) is 0 Å². The second-order valence-electron chi connectivity index (χ2n) is 6.55. The van der Waals surface area contributed by atoms with Gasteiger partial charge in [-0.15, -0.1) is 0 Å². The highest BCUT2D eigenvalue weighted by atomic mass is 35.5. The molecule has 0 bridgehead atoms. The maximum Gasteiger partial charge on any atom is 0.335 e. The number of oxime groups is 1. The van der Waals surface area contributed by atoms with Gasteiger partial charge in [0.2, 0.25) is 0 Å². The highest BCUT2D eigenvalue weighted by molar-refractivity contribution is 6.54. The number of carbonyl (C=O) groups excluding carboxylic acids is 2. The maximum atomic E-state index is 12.9. The number of rotatable bonds is 6. The Morgan fingerprint density at radius 3 is 2.63 bits per heavy atom. The zero-order chi connectivity index (χ0) is 19.4. The Morgan fingerprint density at radius 2 is 1.93 bits per heavy atom. The number of nitrogens with zero attached hydrogens (tertiary/aromatic N) is 2. The van der Waals surface area contributed by atoms with Crippen LogP contribution in [0.2, 0.25) is 5.02 Å². The van der Waals surface area contributed by atoms with Crippen LogP contribution in [0, 0.1) is 6.92 Å². The number of halogens is 1. The molecule has 1 amide bonds. The SMILES string of the molecule is CCCCC(=O)O/N=C1\C(=O)N(Cc2ccc(Cl)cc2)c2ccc(C)cc21. The van der Waals surface area contributed by atoms with Gasteiger partial charge in [-0.05, 0) is 43.2 Å². The molecule has 2 aromatic rings. The summed E-state index contributed by atoms with van der Waals surface area (Å²) in [5.74, 6) is -0.712. The summed E-state index contributed by atoms with van der Waals surface area (Å²) in [7, 11) is 0. The van der Waals surface area contributed by atoms with Gasteiger partial charge in [0.25, 0.3) is 5.91 Å². The third-order valence-corrected chi connectivity index (χ3v) is 4.62. The van der Waals surface area contributed by atoms with Gasteiger partial charge in [-0.1, -0.05) is 53.9 Å². The minimum atomic E-state index is -0.428. The molecule has 1 heterocycles. The second kappa shape index (κ2) is 8.35. The van der Waals surface area contributed by atoms with Gasteiger partial charge in [0.15, 0.2) is 5.71 Å². The maximum absolute atomic E-state index is 12.9. The van der Waals surface area contributed by atoms with Gasteiger partial charge < -0.3 is 9.74 Å². The summed E-state index contributed by atoms with van der Waals surface area (Å²) in [5.41, 5.74) is 3.54. The lowest BCUT2D eigenvalue weighted by atomic mass is 10.1. The average Bonchev–Trinajstić information content (AvgIpc) is 2.91. The summed E-state index contributed by atoms with van der Waals surface area (Å²) in [4.78, 5) is 31.4. The Morgan fingerprint density at radius 1 is 1.19 bits per heavy atom.